The standard InChI is InChI=1S/C9H22N2O2/c1-9(13-3)8-11(5-4-10)6-7-12-2/h9H,4-8,10H2,1-3H3. The molecule has 80 valence electrons. The van der Waals surface area contributed by atoms with E-state index in [0.717, 1.165) is 26.2 Å². The Morgan fingerprint density at radius 1 is 1.31 bits per heavy atom. The lowest BCUT2D eigenvalue weighted by atomic mass is 10.3. The number of rotatable bonds is 8. The Morgan fingerprint density at radius 3 is 2.46 bits per heavy atom. The van der Waals surface area contributed by atoms with Gasteiger partial charge in [0.15, 0.2) is 0 Å². The molecule has 1 unspecified atom stereocenters. The molecule has 13 heavy (non-hydrogen) atoms. The second-order valence-corrected chi connectivity index (χ2v) is 3.13. The quantitative estimate of drug-likeness (QED) is 0.582. The third-order valence-electron chi connectivity index (χ3n) is 1.97. The van der Waals surface area contributed by atoms with E-state index in [1.165, 1.54) is 0 Å². The van der Waals surface area contributed by atoms with Gasteiger partial charge in [-0.05, 0) is 6.92 Å². The van der Waals surface area contributed by atoms with Crippen molar-refractivity contribution in [3.05, 3.63) is 0 Å². The molecule has 0 saturated carbocycles. The van der Waals surface area contributed by atoms with Crippen molar-refractivity contribution in [1.82, 2.24) is 4.90 Å². The second kappa shape index (κ2) is 8.44. The lowest BCUT2D eigenvalue weighted by molar-refractivity contribution is 0.0657. The molecule has 0 spiro atoms. The number of methoxy groups -OCH3 is 2. The minimum absolute atomic E-state index is 0.253. The maximum absolute atomic E-state index is 5.50. The van der Waals surface area contributed by atoms with Crippen LogP contribution >= 0.6 is 0 Å². The van der Waals surface area contributed by atoms with Crippen LogP contribution in [0.2, 0.25) is 0 Å². The molecule has 0 aromatic carbocycles. The molecule has 0 amide bonds. The van der Waals surface area contributed by atoms with Crippen molar-refractivity contribution in [2.24, 2.45) is 5.73 Å². The van der Waals surface area contributed by atoms with Gasteiger partial charge in [0.05, 0.1) is 12.7 Å². The van der Waals surface area contributed by atoms with E-state index in [9.17, 15) is 0 Å². The summed E-state index contributed by atoms with van der Waals surface area (Å²) >= 11 is 0. The Morgan fingerprint density at radius 2 is 2.00 bits per heavy atom. The van der Waals surface area contributed by atoms with Crippen LogP contribution in [0.4, 0.5) is 0 Å². The number of hydrogen-bond acceptors (Lipinski definition) is 4. The Bertz CT molecular complexity index is 112. The molecule has 2 N–H and O–H groups in total. The van der Waals surface area contributed by atoms with E-state index in [-0.39, 0.29) is 6.10 Å². The van der Waals surface area contributed by atoms with Crippen LogP contribution in [0.5, 0.6) is 0 Å². The van der Waals surface area contributed by atoms with Crippen LogP contribution in [0.25, 0.3) is 0 Å². The van der Waals surface area contributed by atoms with E-state index in [1.807, 2.05) is 0 Å². The summed E-state index contributed by atoms with van der Waals surface area (Å²) in [5.74, 6) is 0. The average Bonchev–Trinajstić information content (AvgIpc) is 2.14. The van der Waals surface area contributed by atoms with E-state index in [4.69, 9.17) is 15.2 Å². The van der Waals surface area contributed by atoms with Gasteiger partial charge in [0.2, 0.25) is 0 Å². The van der Waals surface area contributed by atoms with E-state index in [1.54, 1.807) is 14.2 Å². The minimum Gasteiger partial charge on any atom is -0.383 e. The molecule has 4 nitrogen and oxygen atoms in total. The van der Waals surface area contributed by atoms with Crippen LogP contribution < -0.4 is 5.73 Å². The molecule has 0 aliphatic carbocycles. The molecule has 4 heteroatoms. The van der Waals surface area contributed by atoms with Crippen molar-refractivity contribution in [3.63, 3.8) is 0 Å². The summed E-state index contributed by atoms with van der Waals surface area (Å²) < 4.78 is 10.2. The van der Waals surface area contributed by atoms with Gasteiger partial charge in [-0.2, -0.15) is 0 Å². The first-order valence-corrected chi connectivity index (χ1v) is 4.68. The average molecular weight is 190 g/mol. The lowest BCUT2D eigenvalue weighted by Gasteiger charge is -2.23. The fraction of sp³-hybridized carbons (Fsp3) is 1.00. The van der Waals surface area contributed by atoms with Crippen molar-refractivity contribution in [3.8, 4) is 0 Å². The Kier molecular flexibility index (Phi) is 8.33. The van der Waals surface area contributed by atoms with E-state index < -0.39 is 0 Å². The predicted octanol–water partition coefficient (Wildman–Crippen LogP) is -0.0716. The number of hydrogen-bond donors (Lipinski definition) is 1. The molecule has 0 saturated heterocycles. The summed E-state index contributed by atoms with van der Waals surface area (Å²) in [4.78, 5) is 2.25. The largest absolute Gasteiger partial charge is 0.383 e. The summed E-state index contributed by atoms with van der Waals surface area (Å²) in [6.45, 7) is 6.21. The molecule has 0 aromatic rings. The molecular weight excluding hydrogens is 168 g/mol. The molecule has 0 aliphatic rings. The first kappa shape index (κ1) is 12.8. The molecule has 0 fully saturated rings. The number of nitrogens with zero attached hydrogens (tertiary/aromatic N) is 1. The predicted molar refractivity (Wildman–Crippen MR) is 53.8 cm³/mol. The summed E-state index contributed by atoms with van der Waals surface area (Å²) in [7, 11) is 3.43. The monoisotopic (exact) mass is 190 g/mol. The first-order chi connectivity index (χ1) is 6.24. The molecule has 0 heterocycles. The van der Waals surface area contributed by atoms with Gasteiger partial charge in [-0.15, -0.1) is 0 Å². The van der Waals surface area contributed by atoms with Crippen LogP contribution in [-0.2, 0) is 9.47 Å². The second-order valence-electron chi connectivity index (χ2n) is 3.13. The molecule has 0 aliphatic heterocycles. The van der Waals surface area contributed by atoms with Crippen molar-refractivity contribution < 1.29 is 9.47 Å². The molecule has 0 radical (unpaired) electrons. The van der Waals surface area contributed by atoms with E-state index in [0.29, 0.717) is 6.54 Å². The highest BCUT2D eigenvalue weighted by atomic mass is 16.5. The topological polar surface area (TPSA) is 47.7 Å². The molecule has 0 aromatic heterocycles. The minimum atomic E-state index is 0.253. The molecule has 0 rings (SSSR count). The summed E-state index contributed by atoms with van der Waals surface area (Å²) in [5.41, 5.74) is 5.50. The van der Waals surface area contributed by atoms with Crippen molar-refractivity contribution in [2.75, 3.05) is 47.0 Å². The van der Waals surface area contributed by atoms with E-state index >= 15 is 0 Å². The highest BCUT2D eigenvalue weighted by Crippen LogP contribution is 1.94. The van der Waals surface area contributed by atoms with Crippen LogP contribution in [-0.4, -0.2) is 58.0 Å². The number of ether oxygens (including phenoxy) is 2. The number of nitrogens with two attached hydrogens (primary N) is 1. The van der Waals surface area contributed by atoms with Gasteiger partial charge >= 0.3 is 0 Å². The van der Waals surface area contributed by atoms with Crippen LogP contribution in [0, 0.1) is 0 Å². The zero-order valence-corrected chi connectivity index (χ0v) is 8.95. The van der Waals surface area contributed by atoms with Crippen molar-refractivity contribution in [1.29, 1.82) is 0 Å². The SMILES string of the molecule is COCCN(CCN)CC(C)OC. The van der Waals surface area contributed by atoms with Crippen molar-refractivity contribution in [2.45, 2.75) is 13.0 Å². The third kappa shape index (κ3) is 6.95. The fourth-order valence-electron chi connectivity index (χ4n) is 1.14. The Labute approximate surface area is 81.0 Å². The van der Waals surface area contributed by atoms with Gasteiger partial charge in [-0.1, -0.05) is 0 Å². The summed E-state index contributed by atoms with van der Waals surface area (Å²) in [5, 5.41) is 0. The summed E-state index contributed by atoms with van der Waals surface area (Å²) in [6.07, 6.45) is 0.253. The lowest BCUT2D eigenvalue weighted by Crippen LogP contribution is -2.37. The maximum Gasteiger partial charge on any atom is 0.0670 e. The third-order valence-corrected chi connectivity index (χ3v) is 1.97. The van der Waals surface area contributed by atoms with E-state index in [2.05, 4.69) is 11.8 Å². The van der Waals surface area contributed by atoms with Gasteiger partial charge in [0.1, 0.15) is 0 Å². The summed E-state index contributed by atoms with van der Waals surface area (Å²) in [6, 6.07) is 0. The Balaban J connectivity index is 3.65. The van der Waals surface area contributed by atoms with Crippen molar-refractivity contribution >= 4 is 0 Å². The highest BCUT2D eigenvalue weighted by Gasteiger charge is 2.07. The van der Waals surface area contributed by atoms with Gasteiger partial charge in [-0.25, -0.2) is 0 Å². The molecule has 1 atom stereocenters. The van der Waals surface area contributed by atoms with Gasteiger partial charge < -0.3 is 15.2 Å². The van der Waals surface area contributed by atoms with Gasteiger partial charge in [-0.3, -0.25) is 4.90 Å². The van der Waals surface area contributed by atoms with Gasteiger partial charge in [0.25, 0.3) is 0 Å². The smallest absolute Gasteiger partial charge is 0.0670 e. The van der Waals surface area contributed by atoms with Gasteiger partial charge in [0, 0.05) is 40.4 Å². The normalized spacial score (nSPS) is 13.6. The molecule has 0 bridgehead atoms. The zero-order chi connectivity index (χ0) is 10.1. The molecular formula is C9H22N2O2. The maximum atomic E-state index is 5.50. The first-order valence-electron chi connectivity index (χ1n) is 4.68. The van der Waals surface area contributed by atoms with Crippen LogP contribution in [0.15, 0.2) is 0 Å². The highest BCUT2D eigenvalue weighted by molar-refractivity contribution is 4.62. The van der Waals surface area contributed by atoms with Crippen LogP contribution in [0.1, 0.15) is 6.92 Å². The van der Waals surface area contributed by atoms with Crippen LogP contribution in [0.3, 0.4) is 0 Å². The fourth-order valence-corrected chi connectivity index (χ4v) is 1.14. The zero-order valence-electron chi connectivity index (χ0n) is 8.95. The Hall–Kier alpha value is -0.160.